The molecule has 0 saturated carbocycles. The molecule has 0 bridgehead atoms. The van der Waals surface area contributed by atoms with Crippen LogP contribution in [0.3, 0.4) is 0 Å². The predicted octanol–water partition coefficient (Wildman–Crippen LogP) is 0.732. The van der Waals surface area contributed by atoms with Gasteiger partial charge in [0, 0.05) is 13.8 Å². The Morgan fingerprint density at radius 3 is 2.56 bits per heavy atom. The van der Waals surface area contributed by atoms with E-state index < -0.39 is 30.5 Å². The van der Waals surface area contributed by atoms with Gasteiger partial charge < -0.3 is 14.2 Å². The van der Waals surface area contributed by atoms with E-state index in [2.05, 4.69) is 4.74 Å². The van der Waals surface area contributed by atoms with Gasteiger partial charge in [0.25, 0.3) is 0 Å². The molecule has 5 nitrogen and oxygen atoms in total. The summed E-state index contributed by atoms with van der Waals surface area (Å²) in [6.07, 6.45) is -0.606. The van der Waals surface area contributed by atoms with Crippen molar-refractivity contribution >= 4 is 11.9 Å². The Morgan fingerprint density at radius 1 is 1.31 bits per heavy atom. The molecule has 1 rings (SSSR count). The van der Waals surface area contributed by atoms with Gasteiger partial charge in [-0.1, -0.05) is 0 Å². The van der Waals surface area contributed by atoms with Crippen molar-refractivity contribution in [3.05, 3.63) is 12.2 Å². The summed E-state index contributed by atoms with van der Waals surface area (Å²) in [4.78, 5) is 21.4. The maximum atomic E-state index is 12.9. The fourth-order valence-corrected chi connectivity index (χ4v) is 1.25. The number of rotatable bonds is 3. The van der Waals surface area contributed by atoms with E-state index >= 15 is 0 Å². The molecular formula is C10H13FO5. The highest BCUT2D eigenvalue weighted by Crippen LogP contribution is 2.17. The van der Waals surface area contributed by atoms with Gasteiger partial charge in [-0.25, -0.2) is 4.39 Å². The van der Waals surface area contributed by atoms with Gasteiger partial charge >= 0.3 is 11.9 Å². The highest BCUT2D eigenvalue weighted by molar-refractivity contribution is 5.66. The quantitative estimate of drug-likeness (QED) is 0.530. The van der Waals surface area contributed by atoms with Crippen molar-refractivity contribution in [2.24, 2.45) is 0 Å². The van der Waals surface area contributed by atoms with Crippen LogP contribution in [0, 0.1) is 0 Å². The van der Waals surface area contributed by atoms with Crippen LogP contribution >= 0.6 is 0 Å². The lowest BCUT2D eigenvalue weighted by molar-refractivity contribution is -0.171. The highest BCUT2D eigenvalue weighted by Gasteiger charge is 2.30. The van der Waals surface area contributed by atoms with E-state index in [0.29, 0.717) is 0 Å². The van der Waals surface area contributed by atoms with Crippen molar-refractivity contribution in [2.75, 3.05) is 6.61 Å². The topological polar surface area (TPSA) is 61.8 Å². The maximum Gasteiger partial charge on any atom is 0.303 e. The number of hydrogen-bond acceptors (Lipinski definition) is 5. The second-order valence-corrected chi connectivity index (χ2v) is 3.29. The number of carbonyl (C=O) groups excluding carboxylic acids is 2. The average molecular weight is 232 g/mol. The molecule has 0 aromatic heterocycles. The number of hydrogen-bond donors (Lipinski definition) is 0. The Labute approximate surface area is 92.2 Å². The first-order valence-corrected chi connectivity index (χ1v) is 4.77. The SMILES string of the molecule is CC(=O)OC[C@H]1O[C@@H](F)C=C[C@@H]1OC(C)=O. The number of carbonyl (C=O) groups is 2. The Morgan fingerprint density at radius 2 is 2.00 bits per heavy atom. The minimum atomic E-state index is -1.58. The van der Waals surface area contributed by atoms with Gasteiger partial charge in [0.05, 0.1) is 0 Å². The van der Waals surface area contributed by atoms with Crippen LogP contribution in [0.15, 0.2) is 12.2 Å². The number of ether oxygens (including phenoxy) is 3. The number of alkyl halides is 1. The van der Waals surface area contributed by atoms with Gasteiger partial charge in [0.15, 0.2) is 0 Å². The van der Waals surface area contributed by atoms with Gasteiger partial charge in [0.1, 0.15) is 18.8 Å². The summed E-state index contributed by atoms with van der Waals surface area (Å²) in [5.41, 5.74) is 0. The van der Waals surface area contributed by atoms with Crippen molar-refractivity contribution in [1.29, 1.82) is 0 Å². The summed E-state index contributed by atoms with van der Waals surface area (Å²) >= 11 is 0. The second-order valence-electron chi connectivity index (χ2n) is 3.29. The van der Waals surface area contributed by atoms with E-state index in [9.17, 15) is 14.0 Å². The first-order valence-electron chi connectivity index (χ1n) is 4.77. The third kappa shape index (κ3) is 3.98. The minimum Gasteiger partial charge on any atom is -0.463 e. The summed E-state index contributed by atoms with van der Waals surface area (Å²) in [6.45, 7) is 2.31. The van der Waals surface area contributed by atoms with Crippen molar-refractivity contribution in [1.82, 2.24) is 0 Å². The third-order valence-corrected chi connectivity index (χ3v) is 1.88. The maximum absolute atomic E-state index is 12.9. The zero-order chi connectivity index (χ0) is 12.1. The molecule has 1 aliphatic heterocycles. The Kier molecular flexibility index (Phi) is 4.42. The fraction of sp³-hybridized carbons (Fsp3) is 0.600. The standard InChI is InChI=1S/C10H13FO5/c1-6(12)14-5-9-8(15-7(2)13)3-4-10(11)16-9/h3-4,8-10H,5H2,1-2H3/t8-,9+,10+/m0/s1. The smallest absolute Gasteiger partial charge is 0.303 e. The van der Waals surface area contributed by atoms with Gasteiger partial charge in [-0.05, 0) is 12.2 Å². The van der Waals surface area contributed by atoms with Crippen LogP contribution in [-0.4, -0.2) is 37.1 Å². The second kappa shape index (κ2) is 5.60. The number of esters is 2. The lowest BCUT2D eigenvalue weighted by atomic mass is 10.1. The Balaban J connectivity index is 2.58. The summed E-state index contributed by atoms with van der Waals surface area (Å²) in [6, 6.07) is 0. The normalized spacial score (nSPS) is 28.6. The minimum absolute atomic E-state index is 0.155. The van der Waals surface area contributed by atoms with E-state index in [1.165, 1.54) is 19.9 Å². The summed E-state index contributed by atoms with van der Waals surface area (Å²) in [7, 11) is 0. The summed E-state index contributed by atoms with van der Waals surface area (Å²) in [5.74, 6) is -1.02. The molecule has 16 heavy (non-hydrogen) atoms. The first kappa shape index (κ1) is 12.6. The van der Waals surface area contributed by atoms with E-state index in [1.54, 1.807) is 0 Å². The molecule has 0 N–H and O–H groups in total. The molecule has 0 radical (unpaired) electrons. The third-order valence-electron chi connectivity index (χ3n) is 1.88. The lowest BCUT2D eigenvalue weighted by Gasteiger charge is -2.28. The van der Waals surface area contributed by atoms with Gasteiger partial charge in [-0.2, -0.15) is 0 Å². The molecule has 0 spiro atoms. The van der Waals surface area contributed by atoms with Crippen LogP contribution in [0.25, 0.3) is 0 Å². The lowest BCUT2D eigenvalue weighted by Crippen LogP contribution is -2.40. The Bertz CT molecular complexity index is 302. The average Bonchev–Trinajstić information content (AvgIpc) is 2.17. The predicted molar refractivity (Wildman–Crippen MR) is 51.1 cm³/mol. The first-order chi connectivity index (χ1) is 7.49. The van der Waals surface area contributed by atoms with Crippen LogP contribution in [-0.2, 0) is 23.8 Å². The molecule has 3 atom stereocenters. The van der Waals surface area contributed by atoms with Gasteiger partial charge in [0.2, 0.25) is 6.36 Å². The Hall–Kier alpha value is -1.43. The van der Waals surface area contributed by atoms with E-state index in [4.69, 9.17) is 9.47 Å². The molecule has 0 saturated heterocycles. The van der Waals surface area contributed by atoms with E-state index in [0.717, 1.165) is 6.08 Å². The van der Waals surface area contributed by atoms with E-state index in [1.807, 2.05) is 0 Å². The van der Waals surface area contributed by atoms with Crippen LogP contribution in [0.2, 0.25) is 0 Å². The molecule has 0 amide bonds. The fourth-order valence-electron chi connectivity index (χ4n) is 1.25. The molecule has 1 heterocycles. The van der Waals surface area contributed by atoms with Crippen LogP contribution in [0.4, 0.5) is 4.39 Å². The molecule has 0 unspecified atom stereocenters. The molecule has 0 aliphatic carbocycles. The molecule has 1 aliphatic rings. The molecule has 0 fully saturated rings. The molecule has 90 valence electrons. The zero-order valence-electron chi connectivity index (χ0n) is 9.01. The van der Waals surface area contributed by atoms with Gasteiger partial charge in [-0.3, -0.25) is 9.59 Å². The number of halogens is 1. The molecule has 6 heteroatoms. The molecule has 0 aromatic carbocycles. The van der Waals surface area contributed by atoms with Gasteiger partial charge in [-0.15, -0.1) is 0 Å². The largest absolute Gasteiger partial charge is 0.463 e. The zero-order valence-corrected chi connectivity index (χ0v) is 9.01. The van der Waals surface area contributed by atoms with E-state index in [-0.39, 0.29) is 6.61 Å². The molecule has 0 aromatic rings. The monoisotopic (exact) mass is 232 g/mol. The van der Waals surface area contributed by atoms with Crippen molar-refractivity contribution in [2.45, 2.75) is 32.4 Å². The van der Waals surface area contributed by atoms with Crippen molar-refractivity contribution < 1.29 is 28.2 Å². The summed E-state index contributed by atoms with van der Waals surface area (Å²) < 4.78 is 27.3. The molecular weight excluding hydrogens is 219 g/mol. The highest BCUT2D eigenvalue weighted by atomic mass is 19.1. The van der Waals surface area contributed by atoms with Crippen LogP contribution in [0.1, 0.15) is 13.8 Å². The van der Waals surface area contributed by atoms with Crippen molar-refractivity contribution in [3.63, 3.8) is 0 Å². The summed E-state index contributed by atoms with van der Waals surface area (Å²) in [5, 5.41) is 0. The van der Waals surface area contributed by atoms with Crippen molar-refractivity contribution in [3.8, 4) is 0 Å². The van der Waals surface area contributed by atoms with Crippen LogP contribution in [0.5, 0.6) is 0 Å². The van der Waals surface area contributed by atoms with Crippen LogP contribution < -0.4 is 0 Å².